The van der Waals surface area contributed by atoms with E-state index in [1.165, 1.54) is 0 Å². The number of nitrogens with zero attached hydrogens (tertiary/aromatic N) is 3. The SMILES string of the molecule is CC1CN(C(=O)c2cc(-c3ccncc3)nc3ccccc23)CC(c2ccccc2)O1. The summed E-state index contributed by atoms with van der Waals surface area (Å²) < 4.78 is 6.16. The summed E-state index contributed by atoms with van der Waals surface area (Å²) in [5.74, 6) is 0.00462. The lowest BCUT2D eigenvalue weighted by Crippen LogP contribution is -2.46. The lowest BCUT2D eigenvalue weighted by molar-refractivity contribution is -0.0691. The maximum absolute atomic E-state index is 13.7. The van der Waals surface area contributed by atoms with Crippen molar-refractivity contribution in [2.24, 2.45) is 0 Å². The summed E-state index contributed by atoms with van der Waals surface area (Å²) in [5, 5.41) is 0.862. The van der Waals surface area contributed by atoms with Gasteiger partial charge in [-0.25, -0.2) is 4.98 Å². The molecule has 0 N–H and O–H groups in total. The summed E-state index contributed by atoms with van der Waals surface area (Å²) in [7, 11) is 0. The highest BCUT2D eigenvalue weighted by Gasteiger charge is 2.30. The first-order valence-corrected chi connectivity index (χ1v) is 10.5. The Kier molecular flexibility index (Phi) is 5.18. The number of pyridine rings is 2. The normalized spacial score (nSPS) is 18.8. The maximum Gasteiger partial charge on any atom is 0.254 e. The van der Waals surface area contributed by atoms with E-state index >= 15 is 0 Å². The van der Waals surface area contributed by atoms with Gasteiger partial charge in [0.05, 0.1) is 29.4 Å². The molecule has 2 atom stereocenters. The van der Waals surface area contributed by atoms with Gasteiger partial charge in [-0.15, -0.1) is 0 Å². The molecule has 0 saturated carbocycles. The summed E-state index contributed by atoms with van der Waals surface area (Å²) in [5.41, 5.74) is 4.26. The second kappa shape index (κ2) is 8.28. The third-order valence-electron chi connectivity index (χ3n) is 5.64. The highest BCUT2D eigenvalue weighted by Crippen LogP contribution is 2.29. The number of hydrogen-bond acceptors (Lipinski definition) is 4. The van der Waals surface area contributed by atoms with Crippen LogP contribution in [0.3, 0.4) is 0 Å². The van der Waals surface area contributed by atoms with Crippen LogP contribution in [-0.4, -0.2) is 40.0 Å². The smallest absolute Gasteiger partial charge is 0.254 e. The third kappa shape index (κ3) is 3.92. The van der Waals surface area contributed by atoms with Gasteiger partial charge in [0.2, 0.25) is 0 Å². The molecule has 1 aliphatic rings. The molecular weight excluding hydrogens is 386 g/mol. The molecule has 31 heavy (non-hydrogen) atoms. The Morgan fingerprint density at radius 3 is 2.52 bits per heavy atom. The first-order valence-electron chi connectivity index (χ1n) is 10.5. The molecule has 0 radical (unpaired) electrons. The van der Waals surface area contributed by atoms with E-state index in [-0.39, 0.29) is 18.1 Å². The zero-order chi connectivity index (χ0) is 21.2. The zero-order valence-corrected chi connectivity index (χ0v) is 17.3. The molecule has 5 heteroatoms. The molecule has 1 aliphatic heterocycles. The number of aromatic nitrogens is 2. The fourth-order valence-electron chi connectivity index (χ4n) is 4.16. The highest BCUT2D eigenvalue weighted by molar-refractivity contribution is 6.07. The van der Waals surface area contributed by atoms with Crippen molar-refractivity contribution in [3.63, 3.8) is 0 Å². The second-order valence-corrected chi connectivity index (χ2v) is 7.86. The first kappa shape index (κ1) is 19.4. The number of carbonyl (C=O) groups is 1. The van der Waals surface area contributed by atoms with Gasteiger partial charge in [-0.3, -0.25) is 9.78 Å². The molecule has 0 bridgehead atoms. The van der Waals surface area contributed by atoms with Crippen LogP contribution in [0.4, 0.5) is 0 Å². The molecule has 5 nitrogen and oxygen atoms in total. The predicted octanol–water partition coefficient (Wildman–Crippen LogP) is 4.90. The summed E-state index contributed by atoms with van der Waals surface area (Å²) in [6.07, 6.45) is 3.29. The van der Waals surface area contributed by atoms with E-state index in [0.29, 0.717) is 18.7 Å². The molecule has 3 heterocycles. The van der Waals surface area contributed by atoms with Crippen LogP contribution in [-0.2, 0) is 4.74 Å². The number of carbonyl (C=O) groups excluding carboxylic acids is 1. The summed E-state index contributed by atoms with van der Waals surface area (Å²) in [4.78, 5) is 24.5. The molecule has 0 spiro atoms. The Labute approximate surface area is 181 Å². The van der Waals surface area contributed by atoms with Gasteiger partial charge in [-0.2, -0.15) is 0 Å². The molecule has 2 aromatic heterocycles. The van der Waals surface area contributed by atoms with Crippen molar-refractivity contribution in [3.8, 4) is 11.3 Å². The topological polar surface area (TPSA) is 55.3 Å². The molecule has 1 amide bonds. The van der Waals surface area contributed by atoms with Crippen LogP contribution in [0.5, 0.6) is 0 Å². The minimum atomic E-state index is -0.137. The Balaban J connectivity index is 1.54. The van der Waals surface area contributed by atoms with Crippen LogP contribution >= 0.6 is 0 Å². The average molecular weight is 409 g/mol. The average Bonchev–Trinajstić information content (AvgIpc) is 2.83. The minimum absolute atomic E-state index is 0.00462. The standard InChI is InChI=1S/C26H23N3O2/c1-18-16-29(17-25(31-18)20-7-3-2-4-8-20)26(30)22-15-24(19-11-13-27-14-12-19)28-23-10-6-5-9-21(22)23/h2-15,18,25H,16-17H2,1H3. The number of benzene rings is 2. The van der Waals surface area contributed by atoms with E-state index in [2.05, 4.69) is 17.1 Å². The monoisotopic (exact) mass is 409 g/mol. The molecule has 5 rings (SSSR count). The molecule has 1 fully saturated rings. The Hall–Kier alpha value is -3.57. The van der Waals surface area contributed by atoms with Gasteiger partial charge in [0.1, 0.15) is 6.10 Å². The first-order chi connectivity index (χ1) is 15.2. The van der Waals surface area contributed by atoms with Crippen LogP contribution in [0.2, 0.25) is 0 Å². The summed E-state index contributed by atoms with van der Waals surface area (Å²) >= 11 is 0. The zero-order valence-electron chi connectivity index (χ0n) is 17.3. The number of rotatable bonds is 3. The second-order valence-electron chi connectivity index (χ2n) is 7.86. The van der Waals surface area contributed by atoms with Crippen molar-refractivity contribution < 1.29 is 9.53 Å². The van der Waals surface area contributed by atoms with Gasteiger partial charge in [-0.05, 0) is 36.8 Å². The summed E-state index contributed by atoms with van der Waals surface area (Å²) in [6, 6.07) is 23.6. The molecule has 2 aromatic carbocycles. The number of ether oxygens (including phenoxy) is 1. The van der Waals surface area contributed by atoms with Gasteiger partial charge in [0, 0.05) is 29.9 Å². The van der Waals surface area contributed by atoms with Gasteiger partial charge in [0.25, 0.3) is 5.91 Å². The van der Waals surface area contributed by atoms with Crippen molar-refractivity contribution in [3.05, 3.63) is 96.3 Å². The van der Waals surface area contributed by atoms with Crippen LogP contribution < -0.4 is 0 Å². The van der Waals surface area contributed by atoms with Crippen LogP contribution in [0.1, 0.15) is 28.9 Å². The van der Waals surface area contributed by atoms with Crippen LogP contribution in [0.25, 0.3) is 22.2 Å². The van der Waals surface area contributed by atoms with Crippen molar-refractivity contribution in [1.82, 2.24) is 14.9 Å². The lowest BCUT2D eigenvalue weighted by Gasteiger charge is -2.37. The molecule has 154 valence electrons. The van der Waals surface area contributed by atoms with Crippen LogP contribution in [0.15, 0.2) is 85.2 Å². The van der Waals surface area contributed by atoms with E-state index in [1.807, 2.05) is 72.5 Å². The molecule has 1 saturated heterocycles. The quantitative estimate of drug-likeness (QED) is 0.483. The van der Waals surface area contributed by atoms with Gasteiger partial charge >= 0.3 is 0 Å². The van der Waals surface area contributed by atoms with Gasteiger partial charge in [-0.1, -0.05) is 48.5 Å². The van der Waals surface area contributed by atoms with Crippen LogP contribution in [0, 0.1) is 0 Å². The third-order valence-corrected chi connectivity index (χ3v) is 5.64. The number of hydrogen-bond donors (Lipinski definition) is 0. The van der Waals surface area contributed by atoms with Gasteiger partial charge < -0.3 is 9.64 Å². The fraction of sp³-hybridized carbons (Fsp3) is 0.192. The molecule has 4 aromatic rings. The highest BCUT2D eigenvalue weighted by atomic mass is 16.5. The van der Waals surface area contributed by atoms with Gasteiger partial charge in [0.15, 0.2) is 0 Å². The van der Waals surface area contributed by atoms with E-state index in [0.717, 1.165) is 27.7 Å². The summed E-state index contributed by atoms with van der Waals surface area (Å²) in [6.45, 7) is 3.10. The maximum atomic E-state index is 13.7. The van der Waals surface area contributed by atoms with E-state index in [1.54, 1.807) is 12.4 Å². The number of para-hydroxylation sites is 1. The predicted molar refractivity (Wildman–Crippen MR) is 121 cm³/mol. The molecular formula is C26H23N3O2. The largest absolute Gasteiger partial charge is 0.367 e. The van der Waals surface area contributed by atoms with E-state index in [9.17, 15) is 4.79 Å². The lowest BCUT2D eigenvalue weighted by atomic mass is 10.0. The van der Waals surface area contributed by atoms with Crippen molar-refractivity contribution in [1.29, 1.82) is 0 Å². The van der Waals surface area contributed by atoms with Crippen molar-refractivity contribution >= 4 is 16.8 Å². The molecule has 2 unspecified atom stereocenters. The van der Waals surface area contributed by atoms with E-state index < -0.39 is 0 Å². The minimum Gasteiger partial charge on any atom is -0.367 e. The Morgan fingerprint density at radius 2 is 1.71 bits per heavy atom. The fourth-order valence-corrected chi connectivity index (χ4v) is 4.16. The number of amides is 1. The Morgan fingerprint density at radius 1 is 0.968 bits per heavy atom. The van der Waals surface area contributed by atoms with Crippen molar-refractivity contribution in [2.75, 3.05) is 13.1 Å². The number of morpholine rings is 1. The Bertz CT molecular complexity index is 1210. The molecule has 0 aliphatic carbocycles. The number of fused-ring (bicyclic) bond motifs is 1. The van der Waals surface area contributed by atoms with E-state index in [4.69, 9.17) is 9.72 Å². The van der Waals surface area contributed by atoms with Crippen molar-refractivity contribution in [2.45, 2.75) is 19.1 Å².